The van der Waals surface area contributed by atoms with Crippen LogP contribution in [-0.2, 0) is 11.8 Å². The first-order chi connectivity index (χ1) is 11.6. The fourth-order valence-corrected chi connectivity index (χ4v) is 2.88. The van der Waals surface area contributed by atoms with Crippen LogP contribution in [-0.4, -0.2) is 61.5 Å². The highest BCUT2D eigenvalue weighted by atomic mass is 16.5. The number of nitrogens with zero attached hydrogens (tertiary/aromatic N) is 6. The summed E-state index contributed by atoms with van der Waals surface area (Å²) in [5.41, 5.74) is 3.91. The van der Waals surface area contributed by atoms with Gasteiger partial charge in [0.2, 0.25) is 0 Å². The average Bonchev–Trinajstić information content (AvgIpc) is 3.19. The first kappa shape index (κ1) is 14.8. The van der Waals surface area contributed by atoms with Gasteiger partial charge in [0.25, 0.3) is 5.91 Å². The number of morpholine rings is 1. The Morgan fingerprint density at radius 1 is 1.29 bits per heavy atom. The zero-order valence-electron chi connectivity index (χ0n) is 13.6. The molecule has 1 fully saturated rings. The van der Waals surface area contributed by atoms with Crippen molar-refractivity contribution >= 4 is 11.6 Å². The van der Waals surface area contributed by atoms with Gasteiger partial charge < -0.3 is 9.64 Å². The van der Waals surface area contributed by atoms with Crippen molar-refractivity contribution in [3.63, 3.8) is 0 Å². The quantitative estimate of drug-likeness (QED) is 0.699. The fourth-order valence-electron chi connectivity index (χ4n) is 2.88. The molecule has 8 heteroatoms. The lowest BCUT2D eigenvalue weighted by molar-refractivity contribution is 0.0299. The Balaban J connectivity index is 1.77. The average molecular weight is 326 g/mol. The Morgan fingerprint density at radius 3 is 2.79 bits per heavy atom. The maximum absolute atomic E-state index is 12.6. The number of rotatable bonds is 2. The van der Waals surface area contributed by atoms with Gasteiger partial charge in [0.15, 0.2) is 11.3 Å². The predicted molar refractivity (Wildman–Crippen MR) is 86.6 cm³/mol. The second-order valence-electron chi connectivity index (χ2n) is 5.80. The number of carbonyl (C=O) groups excluding carboxylic acids is 1. The van der Waals surface area contributed by atoms with Gasteiger partial charge in [0.1, 0.15) is 0 Å². The van der Waals surface area contributed by atoms with E-state index in [2.05, 4.69) is 15.2 Å². The molecule has 1 aliphatic rings. The normalized spacial score (nSPS) is 15.2. The van der Waals surface area contributed by atoms with Gasteiger partial charge in [-0.1, -0.05) is 0 Å². The minimum atomic E-state index is -0.0855. The summed E-state index contributed by atoms with van der Waals surface area (Å²) in [6.07, 6.45) is 3.52. The first-order valence-corrected chi connectivity index (χ1v) is 7.86. The van der Waals surface area contributed by atoms with Gasteiger partial charge in [0.05, 0.1) is 25.1 Å². The Morgan fingerprint density at radius 2 is 2.08 bits per heavy atom. The monoisotopic (exact) mass is 326 g/mol. The number of hydrogen-bond donors (Lipinski definition) is 0. The molecule has 0 saturated carbocycles. The number of aromatic nitrogens is 5. The van der Waals surface area contributed by atoms with E-state index in [0.29, 0.717) is 37.6 Å². The summed E-state index contributed by atoms with van der Waals surface area (Å²) >= 11 is 0. The summed E-state index contributed by atoms with van der Waals surface area (Å²) in [6, 6.07) is 3.61. The molecule has 0 atom stereocenters. The summed E-state index contributed by atoms with van der Waals surface area (Å²) in [5.74, 6) is -0.0855. The van der Waals surface area contributed by atoms with Gasteiger partial charge >= 0.3 is 0 Å². The van der Waals surface area contributed by atoms with Crippen LogP contribution in [0.3, 0.4) is 0 Å². The zero-order chi connectivity index (χ0) is 16.7. The lowest BCUT2D eigenvalue weighted by Gasteiger charge is -2.25. The largest absolute Gasteiger partial charge is 0.378 e. The van der Waals surface area contributed by atoms with Crippen molar-refractivity contribution in [2.75, 3.05) is 26.3 Å². The third kappa shape index (κ3) is 2.35. The number of fused-ring (bicyclic) bond motifs is 1. The van der Waals surface area contributed by atoms with E-state index in [-0.39, 0.29) is 5.91 Å². The highest BCUT2D eigenvalue weighted by Gasteiger charge is 2.22. The molecule has 1 amide bonds. The molecule has 0 unspecified atom stereocenters. The summed E-state index contributed by atoms with van der Waals surface area (Å²) in [6.45, 7) is 4.32. The lowest BCUT2D eigenvalue weighted by atomic mass is 10.2. The van der Waals surface area contributed by atoms with Crippen LogP contribution in [0.2, 0.25) is 0 Å². The van der Waals surface area contributed by atoms with Gasteiger partial charge in [-0.25, -0.2) is 9.50 Å². The number of carbonyl (C=O) groups is 1. The van der Waals surface area contributed by atoms with Crippen molar-refractivity contribution in [3.8, 4) is 11.3 Å². The number of aryl methyl sites for hydroxylation is 1. The van der Waals surface area contributed by atoms with Crippen molar-refractivity contribution in [2.45, 2.75) is 6.92 Å². The minimum Gasteiger partial charge on any atom is -0.378 e. The third-order valence-electron chi connectivity index (χ3n) is 4.39. The van der Waals surface area contributed by atoms with Gasteiger partial charge in [-0.05, 0) is 13.0 Å². The van der Waals surface area contributed by atoms with Crippen molar-refractivity contribution < 1.29 is 9.53 Å². The van der Waals surface area contributed by atoms with Crippen LogP contribution in [0.5, 0.6) is 0 Å². The Kier molecular flexibility index (Phi) is 3.53. The van der Waals surface area contributed by atoms with Crippen LogP contribution in [0.1, 0.15) is 16.2 Å². The molecule has 8 nitrogen and oxygen atoms in total. The minimum absolute atomic E-state index is 0.0855. The summed E-state index contributed by atoms with van der Waals surface area (Å²) in [5, 5.41) is 8.78. The van der Waals surface area contributed by atoms with Crippen LogP contribution in [0, 0.1) is 6.92 Å². The lowest BCUT2D eigenvalue weighted by Crippen LogP contribution is -2.40. The molecule has 3 aromatic rings. The summed E-state index contributed by atoms with van der Waals surface area (Å²) in [4.78, 5) is 18.7. The van der Waals surface area contributed by atoms with E-state index in [1.54, 1.807) is 27.9 Å². The molecule has 1 saturated heterocycles. The summed E-state index contributed by atoms with van der Waals surface area (Å²) in [7, 11) is 1.90. The second-order valence-corrected chi connectivity index (χ2v) is 5.80. The molecule has 4 heterocycles. The smallest absolute Gasteiger partial charge is 0.274 e. The molecule has 0 radical (unpaired) electrons. The molecular formula is C16H18N6O2. The van der Waals surface area contributed by atoms with E-state index in [0.717, 1.165) is 17.0 Å². The zero-order valence-corrected chi connectivity index (χ0v) is 13.6. The standard InChI is InChI=1S/C16H18N6O2/c1-11-12(10-18-20(11)2)14-3-4-17-15-9-13(19-22(14)15)16(23)21-5-7-24-8-6-21/h3-4,9-10H,5-8H2,1-2H3. The molecule has 0 aromatic carbocycles. The molecule has 24 heavy (non-hydrogen) atoms. The molecule has 0 N–H and O–H groups in total. The van der Waals surface area contributed by atoms with E-state index in [9.17, 15) is 4.79 Å². The van der Waals surface area contributed by atoms with Gasteiger partial charge in [-0.3, -0.25) is 9.48 Å². The number of hydrogen-bond acceptors (Lipinski definition) is 5. The predicted octanol–water partition coefficient (Wildman–Crippen LogP) is 0.911. The second kappa shape index (κ2) is 5.72. The summed E-state index contributed by atoms with van der Waals surface area (Å²) < 4.78 is 8.81. The molecule has 4 rings (SSSR count). The van der Waals surface area contributed by atoms with Crippen LogP contribution in [0.4, 0.5) is 0 Å². The van der Waals surface area contributed by atoms with Crippen molar-refractivity contribution in [1.82, 2.24) is 29.3 Å². The SMILES string of the molecule is Cc1c(-c2ccnc3cc(C(=O)N4CCOCC4)nn23)cnn1C. The number of ether oxygens (including phenoxy) is 1. The molecule has 124 valence electrons. The van der Waals surface area contributed by atoms with E-state index in [1.165, 1.54) is 0 Å². The van der Waals surface area contributed by atoms with Crippen molar-refractivity contribution in [1.29, 1.82) is 0 Å². The molecule has 0 aliphatic carbocycles. The maximum atomic E-state index is 12.6. The van der Waals surface area contributed by atoms with E-state index >= 15 is 0 Å². The molecule has 0 bridgehead atoms. The Labute approximate surface area is 138 Å². The van der Waals surface area contributed by atoms with Crippen molar-refractivity contribution in [3.05, 3.63) is 35.9 Å². The Hall–Kier alpha value is -2.74. The highest BCUT2D eigenvalue weighted by Crippen LogP contribution is 2.23. The van der Waals surface area contributed by atoms with E-state index < -0.39 is 0 Å². The first-order valence-electron chi connectivity index (χ1n) is 7.86. The maximum Gasteiger partial charge on any atom is 0.274 e. The van der Waals surface area contributed by atoms with Gasteiger partial charge in [-0.15, -0.1) is 0 Å². The van der Waals surface area contributed by atoms with Crippen LogP contribution < -0.4 is 0 Å². The number of amides is 1. The molecule has 3 aromatic heterocycles. The highest BCUT2D eigenvalue weighted by molar-refractivity contribution is 5.93. The van der Waals surface area contributed by atoms with Crippen LogP contribution >= 0.6 is 0 Å². The van der Waals surface area contributed by atoms with Crippen LogP contribution in [0.25, 0.3) is 16.9 Å². The molecule has 1 aliphatic heterocycles. The van der Waals surface area contributed by atoms with E-state index in [4.69, 9.17) is 4.74 Å². The fraction of sp³-hybridized carbons (Fsp3) is 0.375. The molecule has 0 spiro atoms. The van der Waals surface area contributed by atoms with Crippen LogP contribution in [0.15, 0.2) is 24.5 Å². The topological polar surface area (TPSA) is 77.6 Å². The van der Waals surface area contributed by atoms with Gasteiger partial charge in [0, 0.05) is 43.7 Å². The molecular weight excluding hydrogens is 308 g/mol. The van der Waals surface area contributed by atoms with Crippen molar-refractivity contribution in [2.24, 2.45) is 7.05 Å². The Bertz CT molecular complexity index is 907. The van der Waals surface area contributed by atoms with E-state index in [1.807, 2.05) is 24.7 Å². The third-order valence-corrected chi connectivity index (χ3v) is 4.39. The van der Waals surface area contributed by atoms with Gasteiger partial charge in [-0.2, -0.15) is 10.2 Å².